The van der Waals surface area contributed by atoms with E-state index in [-0.39, 0.29) is 16.5 Å². The highest BCUT2D eigenvalue weighted by atomic mass is 32.2. The lowest BCUT2D eigenvalue weighted by molar-refractivity contribution is 0.291. The zero-order valence-electron chi connectivity index (χ0n) is 26.3. The molecule has 12 nitrogen and oxygen atoms in total. The number of nitrogens with one attached hydrogen (secondary N) is 1. The maximum absolute atomic E-state index is 12.0. The summed E-state index contributed by atoms with van der Waals surface area (Å²) in [4.78, 5) is -1.63. The largest absolute Gasteiger partial charge is 0.506 e. The highest BCUT2D eigenvalue weighted by Gasteiger charge is 2.24. The Morgan fingerprint density at radius 2 is 1.08 bits per heavy atom. The van der Waals surface area contributed by atoms with Crippen LogP contribution in [0.3, 0.4) is 0 Å². The predicted molar refractivity (Wildman–Crippen MR) is 183 cm³/mol. The molecule has 6 rings (SSSR count). The third kappa shape index (κ3) is 9.73. The van der Waals surface area contributed by atoms with Gasteiger partial charge in [-0.25, -0.2) is 0 Å². The fourth-order valence-corrected chi connectivity index (χ4v) is 7.37. The Hall–Kier alpha value is -4.08. The summed E-state index contributed by atoms with van der Waals surface area (Å²) >= 11 is 0. The smallest absolute Gasteiger partial charge is 0.295 e. The van der Waals surface area contributed by atoms with E-state index in [4.69, 9.17) is 0 Å². The predicted octanol–water partition coefficient (Wildman–Crippen LogP) is 9.11. The lowest BCUT2D eigenvalue weighted by Gasteiger charge is -2.30. The average molecular weight is 694 g/mol. The van der Waals surface area contributed by atoms with Crippen LogP contribution in [0.1, 0.15) is 64.2 Å². The normalized spacial score (nSPS) is 16.7. The Bertz CT molecular complexity index is 1960. The van der Waals surface area contributed by atoms with Gasteiger partial charge in [0.15, 0.2) is 0 Å². The van der Waals surface area contributed by atoms with Gasteiger partial charge in [0, 0.05) is 17.5 Å². The van der Waals surface area contributed by atoms with Gasteiger partial charge >= 0.3 is 0 Å². The van der Waals surface area contributed by atoms with Gasteiger partial charge in [0.05, 0.1) is 22.0 Å². The van der Waals surface area contributed by atoms with Gasteiger partial charge in [-0.1, -0.05) is 62.8 Å². The molecule has 14 heteroatoms. The molecule has 0 amide bonds. The molecule has 4 aromatic carbocycles. The molecule has 2 aliphatic rings. The number of phenolic OH excluding ortho intramolecular Hbond substituents is 1. The van der Waals surface area contributed by atoms with Crippen LogP contribution in [0, 0.1) is 0 Å². The van der Waals surface area contributed by atoms with Crippen molar-refractivity contribution in [3.8, 4) is 5.75 Å². The molecule has 0 radical (unpaired) electrons. The number of fused-ring (bicyclic) bond motifs is 1. The van der Waals surface area contributed by atoms with Crippen LogP contribution in [-0.4, -0.2) is 43.1 Å². The topological polar surface area (TPSA) is 190 Å². The van der Waals surface area contributed by atoms with Crippen LogP contribution in [0.15, 0.2) is 109 Å². The summed E-state index contributed by atoms with van der Waals surface area (Å²) in [6, 6.07) is 21.1. The zero-order valence-corrected chi connectivity index (χ0v) is 27.9. The second-order valence-electron chi connectivity index (χ2n) is 12.0. The lowest BCUT2D eigenvalue weighted by Crippen LogP contribution is -2.40. The van der Waals surface area contributed by atoms with Gasteiger partial charge in [-0.3, -0.25) is 9.11 Å². The van der Waals surface area contributed by atoms with E-state index in [1.807, 2.05) is 18.2 Å². The first kappa shape index (κ1) is 35.2. The third-order valence-corrected chi connectivity index (χ3v) is 10.1. The summed E-state index contributed by atoms with van der Waals surface area (Å²) in [5, 5.41) is 30.0. The van der Waals surface area contributed by atoms with E-state index in [1.54, 1.807) is 36.4 Å². The van der Waals surface area contributed by atoms with Crippen molar-refractivity contribution in [3.63, 3.8) is 0 Å². The van der Waals surface area contributed by atoms with Crippen LogP contribution < -0.4 is 5.32 Å². The van der Waals surface area contributed by atoms with Crippen molar-refractivity contribution in [2.24, 2.45) is 20.5 Å². The van der Waals surface area contributed by atoms with Gasteiger partial charge in [-0.15, -0.1) is 5.11 Å². The first-order valence-electron chi connectivity index (χ1n) is 16.0. The van der Waals surface area contributed by atoms with Crippen molar-refractivity contribution in [1.29, 1.82) is 0 Å². The molecule has 0 bridgehead atoms. The first-order valence-corrected chi connectivity index (χ1v) is 18.8. The van der Waals surface area contributed by atoms with Crippen molar-refractivity contribution in [3.05, 3.63) is 78.9 Å². The molecule has 0 atom stereocenters. The summed E-state index contributed by atoms with van der Waals surface area (Å²) in [5.41, 5.74) is 1.20. The van der Waals surface area contributed by atoms with Crippen molar-refractivity contribution in [2.75, 3.05) is 0 Å². The lowest BCUT2D eigenvalue weighted by atomic mass is 9.91. The standard InChI is InChI=1S/C22H16N4O7S2.C12H23N/c27-19-11-6-14-12-18(34(28,29)30)13-20(35(31,32)33)21(14)22(19)26-25-17-9-7-16(8-10-17)24-23-15-4-2-1-3-5-15;1-3-7-11(8-4-1)13-12-9-5-2-6-10-12/h1-13,27H,(H,28,29,30)(H,31,32,33);11-13H,1-10H2. The summed E-state index contributed by atoms with van der Waals surface area (Å²) in [7, 11) is -9.77. The molecule has 2 saturated carbocycles. The SMILES string of the molecule is C1CCC(NC2CCCCC2)CC1.O=S(=O)(O)c1cc(S(=O)(=O)O)c2c(N=Nc3ccc(N=Nc4ccccc4)cc3)c(O)ccc2c1. The molecular formula is C34H39N5O7S2. The van der Waals surface area contributed by atoms with Crippen LogP contribution >= 0.6 is 0 Å². The summed E-state index contributed by atoms with van der Waals surface area (Å²) in [5.74, 6) is -0.473. The maximum Gasteiger partial charge on any atom is 0.295 e. The molecule has 0 unspecified atom stereocenters. The number of phenols is 1. The number of benzene rings is 4. The minimum atomic E-state index is -4.98. The molecule has 0 heterocycles. The number of hydrogen-bond acceptors (Lipinski definition) is 10. The quantitative estimate of drug-likeness (QED) is 0.104. The Morgan fingerprint density at radius 3 is 1.58 bits per heavy atom. The van der Waals surface area contributed by atoms with Gasteiger partial charge in [-0.05, 0) is 85.7 Å². The molecule has 2 aliphatic carbocycles. The number of aromatic hydroxyl groups is 1. The molecular weight excluding hydrogens is 655 g/mol. The van der Waals surface area contributed by atoms with Gasteiger partial charge in [0.25, 0.3) is 20.2 Å². The fourth-order valence-electron chi connectivity index (χ4n) is 6.00. The first-order chi connectivity index (χ1) is 23.0. The van der Waals surface area contributed by atoms with Gasteiger partial charge in [-0.2, -0.15) is 32.2 Å². The van der Waals surface area contributed by atoms with Crippen molar-refractivity contribution >= 4 is 53.8 Å². The van der Waals surface area contributed by atoms with Gasteiger partial charge in [0.2, 0.25) is 0 Å². The van der Waals surface area contributed by atoms with Crippen LogP contribution in [0.25, 0.3) is 10.8 Å². The average Bonchev–Trinajstić information content (AvgIpc) is 3.08. The highest BCUT2D eigenvalue weighted by molar-refractivity contribution is 7.86. The number of nitrogens with zero attached hydrogens (tertiary/aromatic N) is 4. The third-order valence-electron chi connectivity index (χ3n) is 8.42. The Balaban J connectivity index is 0.000000288. The molecule has 0 saturated heterocycles. The van der Waals surface area contributed by atoms with Gasteiger partial charge < -0.3 is 10.4 Å². The van der Waals surface area contributed by atoms with E-state index in [9.17, 15) is 31.0 Å². The summed E-state index contributed by atoms with van der Waals surface area (Å²) < 4.78 is 66.0. The Kier molecular flexibility index (Phi) is 11.7. The molecule has 0 aromatic heterocycles. The Morgan fingerprint density at radius 1 is 0.583 bits per heavy atom. The van der Waals surface area contributed by atoms with Crippen LogP contribution in [0.5, 0.6) is 5.75 Å². The van der Waals surface area contributed by atoms with E-state index in [2.05, 4.69) is 25.8 Å². The van der Waals surface area contributed by atoms with Gasteiger partial charge in [0.1, 0.15) is 16.3 Å². The second-order valence-corrected chi connectivity index (χ2v) is 14.8. The molecule has 4 aromatic rings. The molecule has 2 fully saturated rings. The van der Waals surface area contributed by atoms with Crippen molar-refractivity contribution in [1.82, 2.24) is 5.32 Å². The summed E-state index contributed by atoms with van der Waals surface area (Å²) in [6.07, 6.45) is 14.6. The number of azo groups is 2. The molecule has 48 heavy (non-hydrogen) atoms. The monoisotopic (exact) mass is 693 g/mol. The maximum atomic E-state index is 12.0. The zero-order chi connectivity index (χ0) is 34.1. The molecule has 0 aliphatic heterocycles. The summed E-state index contributed by atoms with van der Waals surface area (Å²) in [6.45, 7) is 0. The fraction of sp³-hybridized carbons (Fsp3) is 0.353. The van der Waals surface area contributed by atoms with E-state index in [0.717, 1.165) is 24.2 Å². The molecule has 254 valence electrons. The molecule has 4 N–H and O–H groups in total. The number of rotatable bonds is 8. The van der Waals surface area contributed by atoms with E-state index >= 15 is 0 Å². The van der Waals surface area contributed by atoms with Crippen molar-refractivity contribution < 1.29 is 31.0 Å². The van der Waals surface area contributed by atoms with E-state index in [1.165, 1.54) is 70.3 Å². The van der Waals surface area contributed by atoms with Crippen LogP contribution in [0.4, 0.5) is 22.7 Å². The second kappa shape index (κ2) is 15.9. The minimum absolute atomic E-state index is 0.0313. The minimum Gasteiger partial charge on any atom is -0.506 e. The van der Waals surface area contributed by atoms with Crippen molar-refractivity contribution in [2.45, 2.75) is 86.1 Å². The Labute approximate surface area is 280 Å². The van der Waals surface area contributed by atoms with E-state index in [0.29, 0.717) is 23.1 Å². The number of hydrogen-bond donors (Lipinski definition) is 4. The van der Waals surface area contributed by atoms with E-state index < -0.39 is 35.8 Å². The molecule has 0 spiro atoms. The van der Waals surface area contributed by atoms with Crippen LogP contribution in [-0.2, 0) is 20.2 Å². The highest BCUT2D eigenvalue weighted by Crippen LogP contribution is 2.41. The van der Waals surface area contributed by atoms with Crippen LogP contribution in [0.2, 0.25) is 0 Å².